The molecule has 1 heterocycles. The molecule has 6 heteroatoms. The molecule has 0 aliphatic carbocycles. The molecule has 0 aliphatic heterocycles. The lowest BCUT2D eigenvalue weighted by Gasteiger charge is -2.05. The molecule has 1 aromatic heterocycles. The van der Waals surface area contributed by atoms with Crippen LogP contribution in [0.4, 0.5) is 4.79 Å². The number of aromatic amines is 1. The van der Waals surface area contributed by atoms with Crippen molar-refractivity contribution >= 4 is 12.1 Å². The third-order valence-corrected chi connectivity index (χ3v) is 3.13. The van der Waals surface area contributed by atoms with E-state index in [1.54, 1.807) is 0 Å². The van der Waals surface area contributed by atoms with E-state index in [4.69, 9.17) is 0 Å². The highest BCUT2D eigenvalue weighted by Gasteiger charge is 2.13. The number of nitrogens with one attached hydrogen (secondary N) is 2. The van der Waals surface area contributed by atoms with E-state index < -0.39 is 12.1 Å². The number of aromatic nitrogens is 1. The van der Waals surface area contributed by atoms with Crippen LogP contribution in [0.1, 0.15) is 21.5 Å². The largest absolute Gasteiger partial charge is 0.414 e. The van der Waals surface area contributed by atoms with Gasteiger partial charge in [0.15, 0.2) is 0 Å². The first-order chi connectivity index (χ1) is 10.6. The fourth-order valence-corrected chi connectivity index (χ4v) is 1.95. The molecular weight excluding hydrogens is 284 g/mol. The van der Waals surface area contributed by atoms with Gasteiger partial charge in [-0.25, -0.2) is 9.59 Å². The highest BCUT2D eigenvalue weighted by Crippen LogP contribution is 2.07. The van der Waals surface area contributed by atoms with Gasteiger partial charge in [0.05, 0.1) is 5.56 Å². The average molecular weight is 300 g/mol. The van der Waals surface area contributed by atoms with Gasteiger partial charge < -0.3 is 15.0 Å². The smallest absolute Gasteiger partial charge is 0.373 e. The molecule has 22 heavy (non-hydrogen) atoms. The number of benzene rings is 1. The molecule has 1 aromatic carbocycles. The summed E-state index contributed by atoms with van der Waals surface area (Å²) in [4.78, 5) is 37.1. The Kier molecular flexibility index (Phi) is 5.08. The van der Waals surface area contributed by atoms with Gasteiger partial charge in [-0.1, -0.05) is 30.3 Å². The predicted octanol–water partition coefficient (Wildman–Crippen LogP) is 1.66. The Morgan fingerprint density at radius 1 is 1.18 bits per heavy atom. The summed E-state index contributed by atoms with van der Waals surface area (Å²) in [6, 6.07) is 11.2. The fourth-order valence-electron chi connectivity index (χ4n) is 1.95. The van der Waals surface area contributed by atoms with Gasteiger partial charge in [-0.15, -0.1) is 0 Å². The van der Waals surface area contributed by atoms with E-state index in [0.717, 1.165) is 5.56 Å². The second-order valence-corrected chi connectivity index (χ2v) is 4.66. The van der Waals surface area contributed by atoms with Crippen LogP contribution in [0.2, 0.25) is 0 Å². The number of rotatable bonds is 4. The lowest BCUT2D eigenvalue weighted by Crippen LogP contribution is -2.24. The minimum absolute atomic E-state index is 0.131. The highest BCUT2D eigenvalue weighted by molar-refractivity contribution is 5.96. The highest BCUT2D eigenvalue weighted by atomic mass is 16.6. The Morgan fingerprint density at radius 2 is 1.91 bits per heavy atom. The molecule has 2 rings (SSSR count). The maximum atomic E-state index is 11.8. The number of carbonyl (C=O) groups excluding carboxylic acids is 2. The van der Waals surface area contributed by atoms with Gasteiger partial charge in [0.25, 0.3) is 5.56 Å². The van der Waals surface area contributed by atoms with E-state index in [0.29, 0.717) is 18.4 Å². The molecule has 114 valence electrons. The van der Waals surface area contributed by atoms with E-state index in [9.17, 15) is 14.4 Å². The predicted molar refractivity (Wildman–Crippen MR) is 80.8 cm³/mol. The van der Waals surface area contributed by atoms with Crippen LogP contribution < -0.4 is 10.9 Å². The molecule has 0 unspecified atom stereocenters. The summed E-state index contributed by atoms with van der Waals surface area (Å²) >= 11 is 0. The standard InChI is InChI=1S/C16H16N2O4/c1-17-16(21)22-15(20)13-9-12(14(19)18-10-13)8-7-11-5-3-2-4-6-11/h2-6,9-10H,7-8H2,1H3,(H,17,21)(H,18,19). The summed E-state index contributed by atoms with van der Waals surface area (Å²) in [6.45, 7) is 0. The van der Waals surface area contributed by atoms with Gasteiger partial charge in [-0.2, -0.15) is 0 Å². The molecule has 2 N–H and O–H groups in total. The number of aryl methyl sites for hydroxylation is 2. The maximum Gasteiger partial charge on any atom is 0.414 e. The Balaban J connectivity index is 2.11. The minimum atomic E-state index is -0.845. The number of hydrogen-bond acceptors (Lipinski definition) is 4. The molecule has 0 bridgehead atoms. The third kappa shape index (κ3) is 4.05. The first-order valence-corrected chi connectivity index (χ1v) is 6.79. The lowest BCUT2D eigenvalue weighted by molar-refractivity contribution is 0.0625. The monoisotopic (exact) mass is 300 g/mol. The van der Waals surface area contributed by atoms with Crippen molar-refractivity contribution in [3.63, 3.8) is 0 Å². The molecule has 0 atom stereocenters. The summed E-state index contributed by atoms with van der Waals surface area (Å²) in [5, 5.41) is 2.18. The number of pyridine rings is 1. The molecule has 0 saturated carbocycles. The van der Waals surface area contributed by atoms with Gasteiger partial charge in [0.1, 0.15) is 0 Å². The minimum Gasteiger partial charge on any atom is -0.373 e. The molecule has 6 nitrogen and oxygen atoms in total. The number of carbonyl (C=O) groups is 2. The quantitative estimate of drug-likeness (QED) is 0.664. The summed E-state index contributed by atoms with van der Waals surface area (Å²) in [6.07, 6.45) is 1.56. The molecule has 0 saturated heterocycles. The Hall–Kier alpha value is -2.89. The zero-order valence-electron chi connectivity index (χ0n) is 12.1. The summed E-state index contributed by atoms with van der Waals surface area (Å²) in [7, 11) is 1.35. The Morgan fingerprint density at radius 3 is 2.59 bits per heavy atom. The number of hydrogen-bond donors (Lipinski definition) is 2. The first-order valence-electron chi connectivity index (χ1n) is 6.79. The van der Waals surface area contributed by atoms with E-state index in [2.05, 4.69) is 15.0 Å². The van der Waals surface area contributed by atoms with E-state index >= 15 is 0 Å². The van der Waals surface area contributed by atoms with Crippen molar-refractivity contribution in [2.75, 3.05) is 7.05 Å². The van der Waals surface area contributed by atoms with Crippen molar-refractivity contribution in [3.8, 4) is 0 Å². The van der Waals surface area contributed by atoms with Crippen molar-refractivity contribution < 1.29 is 14.3 Å². The number of ether oxygens (including phenoxy) is 1. The number of esters is 1. The number of H-pyrrole nitrogens is 1. The molecule has 0 fully saturated rings. The van der Waals surface area contributed by atoms with Crippen LogP contribution in [-0.4, -0.2) is 24.1 Å². The molecule has 0 radical (unpaired) electrons. The Bertz CT molecular complexity index is 722. The van der Waals surface area contributed by atoms with Crippen LogP contribution >= 0.6 is 0 Å². The van der Waals surface area contributed by atoms with Crippen molar-refractivity contribution in [1.82, 2.24) is 10.3 Å². The molecule has 0 spiro atoms. The van der Waals surface area contributed by atoms with Crippen LogP contribution in [0.3, 0.4) is 0 Å². The zero-order valence-corrected chi connectivity index (χ0v) is 12.1. The maximum absolute atomic E-state index is 11.8. The van der Waals surface area contributed by atoms with Gasteiger partial charge in [-0.05, 0) is 24.5 Å². The molecule has 2 aromatic rings. The third-order valence-electron chi connectivity index (χ3n) is 3.13. The normalized spacial score (nSPS) is 10.0. The van der Waals surface area contributed by atoms with Crippen molar-refractivity contribution in [2.24, 2.45) is 0 Å². The van der Waals surface area contributed by atoms with Gasteiger partial charge in [-0.3, -0.25) is 4.79 Å². The molecule has 1 amide bonds. The lowest BCUT2D eigenvalue weighted by atomic mass is 10.0. The fraction of sp³-hybridized carbons (Fsp3) is 0.188. The van der Waals surface area contributed by atoms with Gasteiger partial charge in [0, 0.05) is 18.8 Å². The second kappa shape index (κ2) is 7.21. The first kappa shape index (κ1) is 15.5. The number of amides is 1. The summed E-state index contributed by atoms with van der Waals surface area (Å²) < 4.78 is 4.53. The van der Waals surface area contributed by atoms with Crippen LogP contribution in [-0.2, 0) is 17.6 Å². The topological polar surface area (TPSA) is 88.3 Å². The van der Waals surface area contributed by atoms with Crippen molar-refractivity contribution in [2.45, 2.75) is 12.8 Å². The van der Waals surface area contributed by atoms with Crippen LogP contribution in [0.5, 0.6) is 0 Å². The Labute approximate surface area is 127 Å². The SMILES string of the molecule is CNC(=O)OC(=O)c1c[nH]c(=O)c(CCc2ccccc2)c1. The van der Waals surface area contributed by atoms with Gasteiger partial charge >= 0.3 is 12.1 Å². The molecule has 0 aliphatic rings. The van der Waals surface area contributed by atoms with Gasteiger partial charge in [0.2, 0.25) is 0 Å². The summed E-state index contributed by atoms with van der Waals surface area (Å²) in [5.74, 6) is -0.809. The average Bonchev–Trinajstić information content (AvgIpc) is 2.54. The van der Waals surface area contributed by atoms with Crippen molar-refractivity contribution in [1.29, 1.82) is 0 Å². The van der Waals surface area contributed by atoms with Crippen LogP contribution in [0, 0.1) is 0 Å². The zero-order chi connectivity index (χ0) is 15.9. The number of alkyl carbamates (subject to hydrolysis) is 1. The van der Waals surface area contributed by atoms with E-state index in [-0.39, 0.29) is 11.1 Å². The second-order valence-electron chi connectivity index (χ2n) is 4.66. The summed E-state index contributed by atoms with van der Waals surface area (Å²) in [5.41, 5.74) is 1.44. The van der Waals surface area contributed by atoms with Crippen molar-refractivity contribution in [3.05, 3.63) is 69.6 Å². The van der Waals surface area contributed by atoms with Crippen LogP contribution in [0.25, 0.3) is 0 Å². The van der Waals surface area contributed by atoms with E-state index in [1.807, 2.05) is 30.3 Å². The molecular formula is C16H16N2O4. The van der Waals surface area contributed by atoms with E-state index in [1.165, 1.54) is 19.3 Å². The van der Waals surface area contributed by atoms with Crippen LogP contribution in [0.15, 0.2) is 47.4 Å².